The molecule has 4 rings (SSSR count). The van der Waals surface area contributed by atoms with Crippen LogP contribution < -0.4 is 10.1 Å². The van der Waals surface area contributed by atoms with Crippen molar-refractivity contribution >= 4 is 28.3 Å². The molecule has 0 spiro atoms. The van der Waals surface area contributed by atoms with Gasteiger partial charge in [0.15, 0.2) is 0 Å². The molecular formula is C29H26N2O6. The number of ether oxygens (including phenoxy) is 1. The number of carbonyl (C=O) groups excluding carboxylic acids is 1. The highest BCUT2D eigenvalue weighted by molar-refractivity contribution is 5.97. The third kappa shape index (κ3) is 6.29. The molecule has 0 aromatic heterocycles. The Morgan fingerprint density at radius 2 is 1.68 bits per heavy atom. The van der Waals surface area contributed by atoms with Crippen molar-refractivity contribution in [2.24, 2.45) is 0 Å². The predicted octanol–water partition coefficient (Wildman–Crippen LogP) is 6.44. The van der Waals surface area contributed by atoms with Crippen LogP contribution in [-0.2, 0) is 11.2 Å². The molecule has 188 valence electrons. The van der Waals surface area contributed by atoms with Crippen LogP contribution in [-0.4, -0.2) is 21.9 Å². The van der Waals surface area contributed by atoms with Crippen LogP contribution in [0.15, 0.2) is 84.9 Å². The molecular weight excluding hydrogens is 472 g/mol. The minimum Gasteiger partial charge on any atom is -0.481 e. The fourth-order valence-corrected chi connectivity index (χ4v) is 4.23. The van der Waals surface area contributed by atoms with E-state index in [-0.39, 0.29) is 24.1 Å². The number of carboxylic acid groups (broad SMARTS) is 1. The first kappa shape index (κ1) is 25.4. The number of nitro groups is 1. The Morgan fingerprint density at radius 3 is 2.41 bits per heavy atom. The van der Waals surface area contributed by atoms with E-state index in [2.05, 4.69) is 5.32 Å². The second-order valence-corrected chi connectivity index (χ2v) is 8.68. The van der Waals surface area contributed by atoms with Gasteiger partial charge in [0.25, 0.3) is 11.6 Å². The van der Waals surface area contributed by atoms with Crippen molar-refractivity contribution in [3.63, 3.8) is 0 Å². The van der Waals surface area contributed by atoms with Gasteiger partial charge in [0.05, 0.1) is 11.0 Å². The second kappa shape index (κ2) is 11.3. The van der Waals surface area contributed by atoms with E-state index in [0.717, 1.165) is 16.3 Å². The first-order valence-electron chi connectivity index (χ1n) is 11.9. The van der Waals surface area contributed by atoms with Crippen molar-refractivity contribution in [3.8, 4) is 11.5 Å². The quantitative estimate of drug-likeness (QED) is 0.192. The summed E-state index contributed by atoms with van der Waals surface area (Å²) in [4.78, 5) is 34.9. The zero-order valence-electron chi connectivity index (χ0n) is 20.2. The van der Waals surface area contributed by atoms with Crippen molar-refractivity contribution in [3.05, 3.63) is 112 Å². The van der Waals surface area contributed by atoms with Crippen LogP contribution in [0, 0.1) is 10.1 Å². The third-order valence-corrected chi connectivity index (χ3v) is 6.08. The summed E-state index contributed by atoms with van der Waals surface area (Å²) in [6, 6.07) is 24.4. The molecule has 0 bridgehead atoms. The molecule has 0 saturated carbocycles. The maximum absolute atomic E-state index is 13.4. The largest absolute Gasteiger partial charge is 0.481 e. The molecule has 8 nitrogen and oxygen atoms in total. The molecule has 4 aromatic rings. The van der Waals surface area contributed by atoms with Gasteiger partial charge in [-0.2, -0.15) is 0 Å². The van der Waals surface area contributed by atoms with Crippen LogP contribution in [0.3, 0.4) is 0 Å². The molecule has 2 N–H and O–H groups in total. The van der Waals surface area contributed by atoms with Gasteiger partial charge >= 0.3 is 5.97 Å². The molecule has 8 heteroatoms. The lowest BCUT2D eigenvalue weighted by atomic mass is 9.98. The third-order valence-electron chi connectivity index (χ3n) is 6.08. The molecule has 0 aliphatic rings. The molecule has 1 amide bonds. The van der Waals surface area contributed by atoms with E-state index in [1.54, 1.807) is 18.2 Å². The summed E-state index contributed by atoms with van der Waals surface area (Å²) in [6.45, 7) is 1.92. The van der Waals surface area contributed by atoms with E-state index in [4.69, 9.17) is 9.84 Å². The Labute approximate surface area is 213 Å². The van der Waals surface area contributed by atoms with Gasteiger partial charge in [-0.05, 0) is 65.9 Å². The number of fused-ring (bicyclic) bond motifs is 1. The molecule has 37 heavy (non-hydrogen) atoms. The van der Waals surface area contributed by atoms with Crippen molar-refractivity contribution in [1.29, 1.82) is 0 Å². The molecule has 0 radical (unpaired) electrons. The SMILES string of the molecule is CC(NC(=O)c1cc(Oc2ccc([N+](=O)[O-])cc2)ccc1CCCC(=O)O)c1cccc2ccccc12. The molecule has 0 fully saturated rings. The summed E-state index contributed by atoms with van der Waals surface area (Å²) < 4.78 is 5.85. The maximum Gasteiger partial charge on any atom is 0.303 e. The van der Waals surface area contributed by atoms with E-state index in [0.29, 0.717) is 35.5 Å². The summed E-state index contributed by atoms with van der Waals surface area (Å²) >= 11 is 0. The first-order valence-corrected chi connectivity index (χ1v) is 11.9. The summed E-state index contributed by atoms with van der Waals surface area (Å²) in [5.74, 6) is -0.424. The van der Waals surface area contributed by atoms with E-state index in [1.807, 2.05) is 49.4 Å². The van der Waals surface area contributed by atoms with Gasteiger partial charge in [0.1, 0.15) is 11.5 Å². The summed E-state index contributed by atoms with van der Waals surface area (Å²) in [7, 11) is 0. The van der Waals surface area contributed by atoms with Gasteiger partial charge < -0.3 is 15.2 Å². The molecule has 0 saturated heterocycles. The van der Waals surface area contributed by atoms with Crippen LogP contribution >= 0.6 is 0 Å². The first-order chi connectivity index (χ1) is 17.8. The molecule has 0 aliphatic heterocycles. The number of hydrogen-bond acceptors (Lipinski definition) is 5. The number of amides is 1. The second-order valence-electron chi connectivity index (χ2n) is 8.68. The smallest absolute Gasteiger partial charge is 0.303 e. The Bertz CT molecular complexity index is 1440. The Balaban J connectivity index is 1.59. The number of nitro benzene ring substituents is 1. The number of rotatable bonds is 10. The number of aliphatic carboxylic acids is 1. The fraction of sp³-hybridized carbons (Fsp3) is 0.172. The topological polar surface area (TPSA) is 119 Å². The molecule has 1 atom stereocenters. The minimum atomic E-state index is -0.895. The Hall–Kier alpha value is -4.72. The number of aryl methyl sites for hydroxylation is 1. The van der Waals surface area contributed by atoms with E-state index in [1.165, 1.54) is 24.3 Å². The van der Waals surface area contributed by atoms with Crippen LogP contribution in [0.2, 0.25) is 0 Å². The average Bonchev–Trinajstić information content (AvgIpc) is 2.89. The lowest BCUT2D eigenvalue weighted by Crippen LogP contribution is -2.27. The zero-order valence-corrected chi connectivity index (χ0v) is 20.2. The van der Waals surface area contributed by atoms with Gasteiger partial charge in [0.2, 0.25) is 0 Å². The van der Waals surface area contributed by atoms with Crippen molar-refractivity contribution < 1.29 is 24.4 Å². The number of hydrogen-bond donors (Lipinski definition) is 2. The van der Waals surface area contributed by atoms with E-state index >= 15 is 0 Å². The highest BCUT2D eigenvalue weighted by Gasteiger charge is 2.18. The number of nitrogens with zero attached hydrogens (tertiary/aromatic N) is 1. The number of carboxylic acids is 1. The molecule has 4 aromatic carbocycles. The summed E-state index contributed by atoms with van der Waals surface area (Å²) in [5.41, 5.74) is 2.03. The predicted molar refractivity (Wildman–Crippen MR) is 140 cm³/mol. The highest BCUT2D eigenvalue weighted by atomic mass is 16.6. The van der Waals surface area contributed by atoms with Crippen LogP contribution in [0.1, 0.15) is 47.3 Å². The van der Waals surface area contributed by atoms with Crippen LogP contribution in [0.25, 0.3) is 10.8 Å². The lowest BCUT2D eigenvalue weighted by Gasteiger charge is -2.19. The lowest BCUT2D eigenvalue weighted by molar-refractivity contribution is -0.384. The zero-order chi connectivity index (χ0) is 26.4. The van der Waals surface area contributed by atoms with Crippen molar-refractivity contribution in [2.75, 3.05) is 0 Å². The number of benzene rings is 4. The van der Waals surface area contributed by atoms with Crippen LogP contribution in [0.5, 0.6) is 11.5 Å². The Kier molecular flexibility index (Phi) is 7.78. The van der Waals surface area contributed by atoms with Crippen LogP contribution in [0.4, 0.5) is 5.69 Å². The van der Waals surface area contributed by atoms with Gasteiger partial charge in [-0.15, -0.1) is 0 Å². The molecule has 1 unspecified atom stereocenters. The van der Waals surface area contributed by atoms with E-state index in [9.17, 15) is 19.7 Å². The number of nitrogens with one attached hydrogen (secondary N) is 1. The number of carbonyl (C=O) groups is 2. The van der Waals surface area contributed by atoms with Gasteiger partial charge in [0, 0.05) is 24.1 Å². The van der Waals surface area contributed by atoms with Gasteiger partial charge in [-0.3, -0.25) is 19.7 Å². The molecule has 0 heterocycles. The summed E-state index contributed by atoms with van der Waals surface area (Å²) in [6.07, 6.45) is 0.793. The standard InChI is InChI=1S/C29H26N2O6/c1-19(25-10-4-7-20-6-2-3-9-26(20)25)30-29(34)27-18-24(15-12-21(27)8-5-11-28(32)33)37-23-16-13-22(14-17-23)31(35)36/h2-4,6-7,9-10,12-19H,5,8,11H2,1H3,(H,30,34)(H,32,33). The minimum absolute atomic E-state index is 0.00544. The summed E-state index contributed by atoms with van der Waals surface area (Å²) in [5, 5.41) is 25.1. The monoisotopic (exact) mass is 498 g/mol. The maximum atomic E-state index is 13.4. The van der Waals surface area contributed by atoms with Crippen molar-refractivity contribution in [1.82, 2.24) is 5.32 Å². The van der Waals surface area contributed by atoms with Gasteiger partial charge in [-0.1, -0.05) is 48.5 Å². The Morgan fingerprint density at radius 1 is 0.973 bits per heavy atom. The fourth-order valence-electron chi connectivity index (χ4n) is 4.23. The van der Waals surface area contributed by atoms with Gasteiger partial charge in [-0.25, -0.2) is 0 Å². The molecule has 0 aliphatic carbocycles. The highest BCUT2D eigenvalue weighted by Crippen LogP contribution is 2.28. The normalized spacial score (nSPS) is 11.6. The van der Waals surface area contributed by atoms with E-state index < -0.39 is 10.9 Å². The average molecular weight is 499 g/mol. The van der Waals surface area contributed by atoms with Crippen molar-refractivity contribution in [2.45, 2.75) is 32.2 Å². The number of non-ortho nitro benzene ring substituents is 1.